The van der Waals surface area contributed by atoms with Crippen LogP contribution in [0.25, 0.3) is 11.5 Å². The first kappa shape index (κ1) is 19.4. The maximum atomic E-state index is 12.5. The molecule has 0 fully saturated rings. The fraction of sp³-hybridized carbons (Fsp3) is 0.238. The number of amides is 1. The van der Waals surface area contributed by atoms with Crippen molar-refractivity contribution >= 4 is 5.91 Å². The first-order valence-corrected chi connectivity index (χ1v) is 8.75. The predicted octanol–water partition coefficient (Wildman–Crippen LogP) is 3.13. The van der Waals surface area contributed by atoms with E-state index in [2.05, 4.69) is 10.3 Å². The lowest BCUT2D eigenvalue weighted by atomic mass is 10.1. The van der Waals surface area contributed by atoms with Crippen LogP contribution in [0.2, 0.25) is 0 Å². The smallest absolute Gasteiger partial charge is 0.273 e. The number of aromatic nitrogens is 1. The van der Waals surface area contributed by atoms with E-state index >= 15 is 0 Å². The molecule has 0 aliphatic rings. The molecule has 2 N–H and O–H groups in total. The SMILES string of the molecule is COc1cccc(-c2nc(C(=O)NC[C@@H](O)c3ccccc3)c(C)o2)c1OC. The standard InChI is InChI=1S/C21H22N2O5/c1-13-18(20(25)22-12-16(24)14-8-5-4-6-9-14)23-21(28-13)15-10-7-11-17(26-2)19(15)27-3/h4-11,16,24H,12H2,1-3H3,(H,22,25)/t16-/m1/s1. The zero-order chi connectivity index (χ0) is 20.1. The molecule has 3 aromatic rings. The molecule has 0 aliphatic carbocycles. The summed E-state index contributed by atoms with van der Waals surface area (Å²) >= 11 is 0. The number of carbonyl (C=O) groups is 1. The quantitative estimate of drug-likeness (QED) is 0.652. The molecule has 146 valence electrons. The minimum Gasteiger partial charge on any atom is -0.493 e. The van der Waals surface area contributed by atoms with E-state index in [-0.39, 0.29) is 18.1 Å². The summed E-state index contributed by atoms with van der Waals surface area (Å²) in [7, 11) is 3.06. The lowest BCUT2D eigenvalue weighted by Crippen LogP contribution is -2.29. The molecule has 0 radical (unpaired) electrons. The number of aliphatic hydroxyl groups excluding tert-OH is 1. The van der Waals surface area contributed by atoms with Crippen LogP contribution in [0, 0.1) is 6.92 Å². The van der Waals surface area contributed by atoms with Gasteiger partial charge < -0.3 is 24.3 Å². The maximum Gasteiger partial charge on any atom is 0.273 e. The van der Waals surface area contributed by atoms with Crippen molar-refractivity contribution in [2.24, 2.45) is 0 Å². The number of ether oxygens (including phenoxy) is 2. The van der Waals surface area contributed by atoms with E-state index in [0.29, 0.717) is 22.8 Å². The largest absolute Gasteiger partial charge is 0.493 e. The summed E-state index contributed by atoms with van der Waals surface area (Å²) in [5.74, 6) is 1.20. The van der Waals surface area contributed by atoms with E-state index in [1.165, 1.54) is 7.11 Å². The van der Waals surface area contributed by atoms with Crippen LogP contribution in [0.5, 0.6) is 11.5 Å². The van der Waals surface area contributed by atoms with E-state index in [0.717, 1.165) is 5.56 Å². The average Bonchev–Trinajstić information content (AvgIpc) is 3.13. The molecular formula is C21H22N2O5. The number of rotatable bonds is 7. The van der Waals surface area contributed by atoms with Crippen LogP contribution >= 0.6 is 0 Å². The third-order valence-electron chi connectivity index (χ3n) is 4.29. The van der Waals surface area contributed by atoms with Gasteiger partial charge in [-0.3, -0.25) is 4.79 Å². The Labute approximate surface area is 162 Å². The van der Waals surface area contributed by atoms with Crippen LogP contribution < -0.4 is 14.8 Å². The van der Waals surface area contributed by atoms with E-state index in [9.17, 15) is 9.90 Å². The van der Waals surface area contributed by atoms with Crippen molar-refractivity contribution in [3.8, 4) is 23.0 Å². The second-order valence-electron chi connectivity index (χ2n) is 6.10. The van der Waals surface area contributed by atoms with E-state index in [4.69, 9.17) is 13.9 Å². The Bertz CT molecular complexity index is 953. The second kappa shape index (κ2) is 8.58. The Kier molecular flexibility index (Phi) is 5.96. The van der Waals surface area contributed by atoms with Crippen molar-refractivity contribution < 1.29 is 23.8 Å². The highest BCUT2D eigenvalue weighted by molar-refractivity contribution is 5.93. The number of carbonyl (C=O) groups excluding carboxylic acids is 1. The van der Waals surface area contributed by atoms with Crippen molar-refractivity contribution in [2.75, 3.05) is 20.8 Å². The maximum absolute atomic E-state index is 12.5. The van der Waals surface area contributed by atoms with E-state index < -0.39 is 12.0 Å². The summed E-state index contributed by atoms with van der Waals surface area (Å²) in [6, 6.07) is 14.4. The van der Waals surface area contributed by atoms with Crippen molar-refractivity contribution in [1.82, 2.24) is 10.3 Å². The molecule has 1 aromatic heterocycles. The van der Waals surface area contributed by atoms with Gasteiger partial charge in [0, 0.05) is 6.54 Å². The number of benzene rings is 2. The van der Waals surface area contributed by atoms with Gasteiger partial charge in [0.25, 0.3) is 5.91 Å². The fourth-order valence-electron chi connectivity index (χ4n) is 2.84. The third kappa shape index (κ3) is 3.99. The van der Waals surface area contributed by atoms with Crippen LogP contribution in [-0.2, 0) is 0 Å². The summed E-state index contributed by atoms with van der Waals surface area (Å²) in [6.07, 6.45) is -0.810. The van der Waals surface area contributed by atoms with Gasteiger partial charge in [-0.15, -0.1) is 0 Å². The average molecular weight is 382 g/mol. The van der Waals surface area contributed by atoms with Crippen molar-refractivity contribution in [1.29, 1.82) is 0 Å². The normalized spacial score (nSPS) is 11.7. The molecule has 1 amide bonds. The molecule has 3 rings (SSSR count). The summed E-state index contributed by atoms with van der Waals surface area (Å²) in [4.78, 5) is 16.8. The number of nitrogens with zero attached hydrogens (tertiary/aromatic N) is 1. The van der Waals surface area contributed by atoms with Gasteiger partial charge in [-0.25, -0.2) is 4.98 Å². The van der Waals surface area contributed by atoms with Gasteiger partial charge in [-0.2, -0.15) is 0 Å². The van der Waals surface area contributed by atoms with E-state index in [1.807, 2.05) is 18.2 Å². The van der Waals surface area contributed by atoms with Crippen LogP contribution in [0.1, 0.15) is 27.9 Å². The summed E-state index contributed by atoms with van der Waals surface area (Å²) in [5.41, 5.74) is 1.45. The number of hydrogen-bond donors (Lipinski definition) is 2. The van der Waals surface area contributed by atoms with Gasteiger partial charge in [0.1, 0.15) is 5.76 Å². The Morgan fingerprint density at radius 2 is 1.89 bits per heavy atom. The number of nitrogens with one attached hydrogen (secondary N) is 1. The molecule has 0 saturated heterocycles. The molecule has 0 bridgehead atoms. The Morgan fingerprint density at radius 1 is 1.14 bits per heavy atom. The number of aliphatic hydroxyl groups is 1. The molecule has 1 atom stereocenters. The van der Waals surface area contributed by atoms with Gasteiger partial charge in [0.05, 0.1) is 25.9 Å². The second-order valence-corrected chi connectivity index (χ2v) is 6.10. The van der Waals surface area contributed by atoms with Gasteiger partial charge in [0.2, 0.25) is 5.89 Å². The highest BCUT2D eigenvalue weighted by Crippen LogP contribution is 2.37. The third-order valence-corrected chi connectivity index (χ3v) is 4.29. The number of methoxy groups -OCH3 is 2. The summed E-state index contributed by atoms with van der Waals surface area (Å²) < 4.78 is 16.4. The summed E-state index contributed by atoms with van der Waals surface area (Å²) in [6.45, 7) is 1.72. The van der Waals surface area contributed by atoms with Crippen LogP contribution in [0.15, 0.2) is 52.9 Å². The van der Waals surface area contributed by atoms with Crippen molar-refractivity contribution in [3.05, 3.63) is 65.5 Å². The van der Waals surface area contributed by atoms with Gasteiger partial charge in [0.15, 0.2) is 17.2 Å². The molecule has 0 aliphatic heterocycles. The lowest BCUT2D eigenvalue weighted by Gasteiger charge is -2.11. The molecule has 7 nitrogen and oxygen atoms in total. The van der Waals surface area contributed by atoms with Gasteiger partial charge in [-0.1, -0.05) is 36.4 Å². The Hall–Kier alpha value is -3.32. The topological polar surface area (TPSA) is 93.8 Å². The summed E-state index contributed by atoms with van der Waals surface area (Å²) in [5, 5.41) is 12.9. The Morgan fingerprint density at radius 3 is 2.57 bits per heavy atom. The van der Waals surface area contributed by atoms with Gasteiger partial charge in [-0.05, 0) is 24.6 Å². The molecule has 1 heterocycles. The highest BCUT2D eigenvalue weighted by Gasteiger charge is 2.22. The number of oxazole rings is 1. The van der Waals surface area contributed by atoms with Crippen molar-refractivity contribution in [2.45, 2.75) is 13.0 Å². The van der Waals surface area contributed by atoms with Crippen LogP contribution in [0.4, 0.5) is 0 Å². The van der Waals surface area contributed by atoms with E-state index in [1.54, 1.807) is 44.4 Å². The first-order valence-electron chi connectivity index (χ1n) is 8.75. The highest BCUT2D eigenvalue weighted by atomic mass is 16.5. The predicted molar refractivity (Wildman–Crippen MR) is 104 cm³/mol. The molecule has 28 heavy (non-hydrogen) atoms. The molecule has 0 unspecified atom stereocenters. The molecule has 0 saturated carbocycles. The fourth-order valence-corrected chi connectivity index (χ4v) is 2.84. The van der Waals surface area contributed by atoms with Gasteiger partial charge >= 0.3 is 0 Å². The molecular weight excluding hydrogens is 360 g/mol. The zero-order valence-electron chi connectivity index (χ0n) is 15.9. The van der Waals surface area contributed by atoms with Crippen LogP contribution in [-0.4, -0.2) is 36.8 Å². The number of para-hydroxylation sites is 1. The minimum atomic E-state index is -0.810. The monoisotopic (exact) mass is 382 g/mol. The zero-order valence-corrected chi connectivity index (χ0v) is 15.9. The van der Waals surface area contributed by atoms with Crippen LogP contribution in [0.3, 0.4) is 0 Å². The Balaban J connectivity index is 1.78. The minimum absolute atomic E-state index is 0.0625. The first-order chi connectivity index (χ1) is 13.5. The molecule has 7 heteroatoms. The van der Waals surface area contributed by atoms with Crippen molar-refractivity contribution in [3.63, 3.8) is 0 Å². The number of hydrogen-bond acceptors (Lipinski definition) is 6. The molecule has 0 spiro atoms. The lowest BCUT2D eigenvalue weighted by molar-refractivity contribution is 0.0910. The molecule has 2 aromatic carbocycles. The number of aryl methyl sites for hydroxylation is 1.